The van der Waals surface area contributed by atoms with Gasteiger partial charge in [-0.2, -0.15) is 0 Å². The molecule has 0 aliphatic heterocycles. The number of rotatable bonds is 4. The van der Waals surface area contributed by atoms with Gasteiger partial charge in [0.05, 0.1) is 10.9 Å². The molecule has 0 spiro atoms. The molecule has 2 aromatic rings. The Morgan fingerprint density at radius 1 is 1.23 bits per heavy atom. The molecule has 3 rings (SSSR count). The fourth-order valence-corrected chi connectivity index (χ4v) is 3.33. The summed E-state index contributed by atoms with van der Waals surface area (Å²) in [4.78, 5) is 44.1. The van der Waals surface area contributed by atoms with Gasteiger partial charge in [0.2, 0.25) is 0 Å². The first-order chi connectivity index (χ1) is 11.6. The van der Waals surface area contributed by atoms with Gasteiger partial charge in [-0.25, -0.2) is 9.78 Å². The van der Waals surface area contributed by atoms with Gasteiger partial charge in [-0.1, -0.05) is 19.3 Å². The molecular formula is C16H23Cl2N5O3. The molecule has 2 heterocycles. The standard InChI is InChI=1S/C16H21N5O3.2ClH/c17-7-12(9-4-2-1-3-5-9)19-14(22)10-6-11-13(18-8-10)20-16(24)21-15(11)23;;/h6,8-9,12H,1-5,7,17H2,(H,19,22)(H2,18,20,21,23,24);2*1H. The van der Waals surface area contributed by atoms with Gasteiger partial charge in [-0.15, -0.1) is 24.8 Å². The number of hydrogen-bond donors (Lipinski definition) is 4. The van der Waals surface area contributed by atoms with Crippen LogP contribution in [0.25, 0.3) is 11.0 Å². The van der Waals surface area contributed by atoms with E-state index < -0.39 is 11.2 Å². The minimum Gasteiger partial charge on any atom is -0.348 e. The Labute approximate surface area is 162 Å². The lowest BCUT2D eigenvalue weighted by Gasteiger charge is -2.30. The van der Waals surface area contributed by atoms with Gasteiger partial charge in [0.15, 0.2) is 0 Å². The van der Waals surface area contributed by atoms with E-state index in [9.17, 15) is 14.4 Å². The van der Waals surface area contributed by atoms with Crippen LogP contribution in [0.15, 0.2) is 21.9 Å². The molecule has 1 saturated carbocycles. The number of nitrogens with one attached hydrogen (secondary N) is 3. The summed E-state index contributed by atoms with van der Waals surface area (Å²) in [5.74, 6) is 0.0805. The van der Waals surface area contributed by atoms with E-state index in [0.717, 1.165) is 25.7 Å². The molecule has 26 heavy (non-hydrogen) atoms. The van der Waals surface area contributed by atoms with Crippen LogP contribution in [0.2, 0.25) is 0 Å². The summed E-state index contributed by atoms with van der Waals surface area (Å²) in [6.45, 7) is 0.380. The van der Waals surface area contributed by atoms with E-state index in [1.165, 1.54) is 18.7 Å². The third-order valence-corrected chi connectivity index (χ3v) is 4.64. The van der Waals surface area contributed by atoms with Gasteiger partial charge >= 0.3 is 5.69 Å². The number of carbonyl (C=O) groups excluding carboxylic acids is 1. The Morgan fingerprint density at radius 3 is 2.58 bits per heavy atom. The summed E-state index contributed by atoms with van der Waals surface area (Å²) in [6, 6.07) is 1.35. The fourth-order valence-electron chi connectivity index (χ4n) is 3.33. The highest BCUT2D eigenvalue weighted by atomic mass is 35.5. The molecule has 8 nitrogen and oxygen atoms in total. The highest BCUT2D eigenvalue weighted by molar-refractivity contribution is 5.96. The van der Waals surface area contributed by atoms with Crippen molar-refractivity contribution in [1.82, 2.24) is 20.3 Å². The SMILES string of the molecule is Cl.Cl.NCC(NC(=O)c1cnc2[nH]c(=O)[nH]c(=O)c2c1)C1CCCCC1. The lowest BCUT2D eigenvalue weighted by atomic mass is 9.84. The highest BCUT2D eigenvalue weighted by Crippen LogP contribution is 2.26. The normalized spacial score (nSPS) is 15.6. The number of halogens is 2. The smallest absolute Gasteiger partial charge is 0.327 e. The van der Waals surface area contributed by atoms with Crippen LogP contribution in [-0.2, 0) is 0 Å². The Balaban J connectivity index is 0.00000169. The number of fused-ring (bicyclic) bond motifs is 1. The van der Waals surface area contributed by atoms with Crippen LogP contribution < -0.4 is 22.3 Å². The van der Waals surface area contributed by atoms with Gasteiger partial charge in [-0.3, -0.25) is 19.6 Å². The van der Waals surface area contributed by atoms with Gasteiger partial charge in [0.1, 0.15) is 5.65 Å². The van der Waals surface area contributed by atoms with Crippen LogP contribution in [0.3, 0.4) is 0 Å². The third kappa shape index (κ3) is 4.84. The summed E-state index contributed by atoms with van der Waals surface area (Å²) >= 11 is 0. The van der Waals surface area contributed by atoms with Crippen molar-refractivity contribution in [2.24, 2.45) is 11.7 Å². The monoisotopic (exact) mass is 403 g/mol. The molecule has 144 valence electrons. The minimum absolute atomic E-state index is 0. The number of nitrogens with zero attached hydrogens (tertiary/aromatic N) is 1. The first kappa shape index (κ1) is 22.1. The average molecular weight is 404 g/mol. The Morgan fingerprint density at radius 2 is 1.92 bits per heavy atom. The molecule has 0 aromatic carbocycles. The predicted octanol–water partition coefficient (Wildman–Crippen LogP) is 1.09. The molecule has 5 N–H and O–H groups in total. The molecular weight excluding hydrogens is 381 g/mol. The maximum absolute atomic E-state index is 12.5. The maximum atomic E-state index is 12.5. The van der Waals surface area contributed by atoms with Gasteiger partial charge in [0, 0.05) is 18.8 Å². The molecule has 2 aromatic heterocycles. The molecule has 1 atom stereocenters. The lowest BCUT2D eigenvalue weighted by molar-refractivity contribution is 0.0915. The molecule has 1 aliphatic carbocycles. The number of H-pyrrole nitrogens is 2. The highest BCUT2D eigenvalue weighted by Gasteiger charge is 2.24. The van der Waals surface area contributed by atoms with Crippen molar-refractivity contribution >= 4 is 41.8 Å². The molecule has 1 fully saturated rings. The van der Waals surface area contributed by atoms with E-state index in [4.69, 9.17) is 5.73 Å². The number of pyridine rings is 1. The summed E-state index contributed by atoms with van der Waals surface area (Å²) in [6.07, 6.45) is 7.05. The Bertz CT molecular complexity index is 861. The molecule has 1 unspecified atom stereocenters. The van der Waals surface area contributed by atoms with Crippen LogP contribution in [-0.4, -0.2) is 33.4 Å². The quantitative estimate of drug-likeness (QED) is 0.605. The van der Waals surface area contributed by atoms with E-state index in [0.29, 0.717) is 12.5 Å². The molecule has 0 radical (unpaired) electrons. The number of hydrogen-bond acceptors (Lipinski definition) is 5. The van der Waals surface area contributed by atoms with E-state index in [1.807, 2.05) is 0 Å². The maximum Gasteiger partial charge on any atom is 0.327 e. The van der Waals surface area contributed by atoms with E-state index in [-0.39, 0.29) is 53.4 Å². The molecule has 1 amide bonds. The van der Waals surface area contributed by atoms with Crippen molar-refractivity contribution in [3.8, 4) is 0 Å². The fraction of sp³-hybridized carbons (Fsp3) is 0.500. The van der Waals surface area contributed by atoms with Crippen molar-refractivity contribution in [2.75, 3.05) is 6.54 Å². The van der Waals surface area contributed by atoms with E-state index in [1.54, 1.807) is 0 Å². The van der Waals surface area contributed by atoms with Crippen LogP contribution in [0.1, 0.15) is 42.5 Å². The Kier molecular flexibility index (Phi) is 8.26. The second-order valence-electron chi connectivity index (χ2n) is 6.24. The van der Waals surface area contributed by atoms with Crippen LogP contribution >= 0.6 is 24.8 Å². The summed E-state index contributed by atoms with van der Waals surface area (Å²) < 4.78 is 0. The third-order valence-electron chi connectivity index (χ3n) is 4.64. The second-order valence-corrected chi connectivity index (χ2v) is 6.24. The van der Waals surface area contributed by atoms with Gasteiger partial charge < -0.3 is 11.1 Å². The number of aromatic amines is 2. The van der Waals surface area contributed by atoms with Gasteiger partial charge in [0.25, 0.3) is 11.5 Å². The lowest BCUT2D eigenvalue weighted by Crippen LogP contribution is -2.46. The first-order valence-corrected chi connectivity index (χ1v) is 8.22. The summed E-state index contributed by atoms with van der Waals surface area (Å²) in [5, 5.41) is 3.13. The summed E-state index contributed by atoms with van der Waals surface area (Å²) in [7, 11) is 0. The molecule has 10 heteroatoms. The van der Waals surface area contributed by atoms with E-state index >= 15 is 0 Å². The first-order valence-electron chi connectivity index (χ1n) is 8.22. The van der Waals surface area contributed by atoms with Crippen LogP contribution in [0, 0.1) is 5.92 Å². The number of carbonyl (C=O) groups is 1. The number of aromatic nitrogens is 3. The zero-order valence-corrected chi connectivity index (χ0v) is 15.8. The van der Waals surface area contributed by atoms with Crippen molar-refractivity contribution in [3.63, 3.8) is 0 Å². The molecule has 0 bridgehead atoms. The van der Waals surface area contributed by atoms with Gasteiger partial charge in [-0.05, 0) is 24.8 Å². The number of nitrogens with two attached hydrogens (primary N) is 1. The largest absolute Gasteiger partial charge is 0.348 e. The second kappa shape index (κ2) is 9.70. The van der Waals surface area contributed by atoms with Crippen molar-refractivity contribution in [1.29, 1.82) is 0 Å². The summed E-state index contributed by atoms with van der Waals surface area (Å²) in [5.41, 5.74) is 5.07. The average Bonchev–Trinajstić information content (AvgIpc) is 2.59. The molecule has 1 aliphatic rings. The van der Waals surface area contributed by atoms with Crippen molar-refractivity contribution in [2.45, 2.75) is 38.1 Å². The minimum atomic E-state index is -0.627. The zero-order chi connectivity index (χ0) is 17.1. The predicted molar refractivity (Wildman–Crippen MR) is 104 cm³/mol. The Hall–Kier alpha value is -1.90. The van der Waals surface area contributed by atoms with E-state index in [2.05, 4.69) is 20.3 Å². The molecule has 0 saturated heterocycles. The van der Waals surface area contributed by atoms with Crippen LogP contribution in [0.4, 0.5) is 0 Å². The zero-order valence-electron chi connectivity index (χ0n) is 14.1. The topological polar surface area (TPSA) is 134 Å². The van der Waals surface area contributed by atoms with Crippen molar-refractivity contribution < 1.29 is 4.79 Å². The van der Waals surface area contributed by atoms with Crippen molar-refractivity contribution in [3.05, 3.63) is 38.7 Å². The van der Waals surface area contributed by atoms with Crippen LogP contribution in [0.5, 0.6) is 0 Å². The number of amides is 1.